The summed E-state index contributed by atoms with van der Waals surface area (Å²) in [6.45, 7) is 8.52. The molecule has 0 aliphatic carbocycles. The van der Waals surface area contributed by atoms with Crippen LogP contribution in [-0.4, -0.2) is 61.8 Å². The summed E-state index contributed by atoms with van der Waals surface area (Å²) in [5.74, 6) is -0.674. The Labute approximate surface area is 208 Å². The largest absolute Gasteiger partial charge is 0.490 e. The van der Waals surface area contributed by atoms with Gasteiger partial charge in [0, 0.05) is 7.11 Å². The molecule has 196 valence electrons. The summed E-state index contributed by atoms with van der Waals surface area (Å²) in [5, 5.41) is 0. The molecule has 0 aliphatic heterocycles. The zero-order valence-electron chi connectivity index (χ0n) is 21.0. The standard InChI is InChI=1S/C26H37FO7S/c1-26(2,3)22-9-7-21(8-10-22)6-5-13-34-35(28,29)25-20-23(27)11-12-24(25)33-19-18-32-17-16-31-15-14-30-4/h7-12,20H,5-6,13-19H2,1-4H3. The van der Waals surface area contributed by atoms with Crippen LogP contribution in [0.25, 0.3) is 0 Å². The molecule has 9 heteroatoms. The minimum Gasteiger partial charge on any atom is -0.490 e. The molecule has 2 aromatic carbocycles. The third-order valence-electron chi connectivity index (χ3n) is 5.13. The molecule has 0 N–H and O–H groups in total. The van der Waals surface area contributed by atoms with E-state index in [0.29, 0.717) is 39.3 Å². The van der Waals surface area contributed by atoms with Crippen LogP contribution in [0.5, 0.6) is 5.75 Å². The van der Waals surface area contributed by atoms with E-state index < -0.39 is 15.9 Å². The summed E-state index contributed by atoms with van der Waals surface area (Å²) in [6, 6.07) is 11.6. The lowest BCUT2D eigenvalue weighted by molar-refractivity contribution is 0.0177. The van der Waals surface area contributed by atoms with Gasteiger partial charge in [-0.1, -0.05) is 45.0 Å². The fourth-order valence-electron chi connectivity index (χ4n) is 3.15. The average Bonchev–Trinajstić information content (AvgIpc) is 2.81. The molecule has 0 saturated heterocycles. The van der Waals surface area contributed by atoms with E-state index in [0.717, 1.165) is 17.7 Å². The minimum atomic E-state index is -4.19. The van der Waals surface area contributed by atoms with Gasteiger partial charge in [-0.25, -0.2) is 4.39 Å². The highest BCUT2D eigenvalue weighted by Gasteiger charge is 2.22. The molecule has 0 spiro atoms. The number of methoxy groups -OCH3 is 1. The summed E-state index contributed by atoms with van der Waals surface area (Å²) in [4.78, 5) is -0.338. The van der Waals surface area contributed by atoms with E-state index in [1.807, 2.05) is 12.1 Å². The van der Waals surface area contributed by atoms with E-state index >= 15 is 0 Å². The van der Waals surface area contributed by atoms with Crippen LogP contribution in [0.3, 0.4) is 0 Å². The van der Waals surface area contributed by atoms with Crippen molar-refractivity contribution in [1.29, 1.82) is 0 Å². The highest BCUT2D eigenvalue weighted by molar-refractivity contribution is 7.86. The van der Waals surface area contributed by atoms with Crippen LogP contribution in [0.4, 0.5) is 4.39 Å². The molecule has 0 bridgehead atoms. The highest BCUT2D eigenvalue weighted by Crippen LogP contribution is 2.27. The Morgan fingerprint density at radius 1 is 0.829 bits per heavy atom. The minimum absolute atomic E-state index is 0.0177. The van der Waals surface area contributed by atoms with Crippen molar-refractivity contribution in [2.75, 3.05) is 53.4 Å². The SMILES string of the molecule is COCCOCCOCCOc1ccc(F)cc1S(=O)(=O)OCCCc1ccc(C(C)(C)C)cc1. The van der Waals surface area contributed by atoms with Gasteiger partial charge in [0.15, 0.2) is 0 Å². The molecule has 0 aromatic heterocycles. The summed E-state index contributed by atoms with van der Waals surface area (Å²) < 4.78 is 65.4. The van der Waals surface area contributed by atoms with Crippen LogP contribution >= 0.6 is 0 Å². The molecule has 0 atom stereocenters. The smallest absolute Gasteiger partial charge is 0.300 e. The summed E-state index contributed by atoms with van der Waals surface area (Å²) in [6.07, 6.45) is 1.17. The molecule has 0 saturated carbocycles. The predicted molar refractivity (Wildman–Crippen MR) is 132 cm³/mol. The molecule has 0 fully saturated rings. The Morgan fingerprint density at radius 2 is 1.46 bits per heavy atom. The predicted octanol–water partition coefficient (Wildman–Crippen LogP) is 4.52. The van der Waals surface area contributed by atoms with Gasteiger partial charge in [-0.15, -0.1) is 0 Å². The van der Waals surface area contributed by atoms with Gasteiger partial charge in [0.05, 0.1) is 39.6 Å². The fraction of sp³-hybridized carbons (Fsp3) is 0.538. The third kappa shape index (κ3) is 10.6. The Kier molecular flexibility index (Phi) is 12.1. The maximum Gasteiger partial charge on any atom is 0.300 e. The Hall–Kier alpha value is -2.04. The van der Waals surface area contributed by atoms with Crippen molar-refractivity contribution in [3.8, 4) is 5.75 Å². The van der Waals surface area contributed by atoms with E-state index in [-0.39, 0.29) is 35.9 Å². The fourth-order valence-corrected chi connectivity index (χ4v) is 4.25. The van der Waals surface area contributed by atoms with Crippen molar-refractivity contribution >= 4 is 10.1 Å². The number of hydrogen-bond donors (Lipinski definition) is 0. The molecule has 2 rings (SSSR count). The van der Waals surface area contributed by atoms with E-state index in [4.69, 9.17) is 23.1 Å². The Bertz CT molecular complexity index is 986. The zero-order chi connectivity index (χ0) is 25.7. The van der Waals surface area contributed by atoms with Crippen LogP contribution in [-0.2, 0) is 40.3 Å². The van der Waals surface area contributed by atoms with E-state index in [1.54, 1.807) is 7.11 Å². The van der Waals surface area contributed by atoms with Crippen LogP contribution in [0, 0.1) is 5.82 Å². The van der Waals surface area contributed by atoms with E-state index in [9.17, 15) is 12.8 Å². The van der Waals surface area contributed by atoms with Crippen LogP contribution in [0.1, 0.15) is 38.3 Å². The van der Waals surface area contributed by atoms with Gasteiger partial charge in [0.1, 0.15) is 23.1 Å². The Balaban J connectivity index is 1.81. The lowest BCUT2D eigenvalue weighted by Crippen LogP contribution is -2.14. The third-order valence-corrected chi connectivity index (χ3v) is 6.47. The second-order valence-corrected chi connectivity index (χ2v) is 10.6. The normalized spacial score (nSPS) is 12.1. The molecule has 0 amide bonds. The van der Waals surface area contributed by atoms with Gasteiger partial charge in [-0.05, 0) is 47.6 Å². The van der Waals surface area contributed by atoms with Gasteiger partial charge >= 0.3 is 10.1 Å². The van der Waals surface area contributed by atoms with Gasteiger partial charge in [-0.3, -0.25) is 4.18 Å². The first kappa shape index (κ1) is 29.2. The molecular weight excluding hydrogens is 475 g/mol. The van der Waals surface area contributed by atoms with Crippen molar-refractivity contribution in [3.63, 3.8) is 0 Å². The van der Waals surface area contributed by atoms with Crippen LogP contribution in [0.2, 0.25) is 0 Å². The molecule has 7 nitrogen and oxygen atoms in total. The van der Waals surface area contributed by atoms with E-state index in [2.05, 4.69) is 32.9 Å². The molecule has 0 radical (unpaired) electrons. The van der Waals surface area contributed by atoms with Crippen molar-refractivity contribution in [3.05, 3.63) is 59.4 Å². The number of aryl methyl sites for hydroxylation is 1. The number of halogens is 1. The number of ether oxygens (including phenoxy) is 4. The lowest BCUT2D eigenvalue weighted by atomic mass is 9.86. The van der Waals surface area contributed by atoms with Crippen molar-refractivity contribution in [2.24, 2.45) is 0 Å². The summed E-state index contributed by atoms with van der Waals surface area (Å²) >= 11 is 0. The quantitative estimate of drug-likeness (QED) is 0.242. The molecule has 35 heavy (non-hydrogen) atoms. The van der Waals surface area contributed by atoms with Crippen LogP contribution in [0.15, 0.2) is 47.4 Å². The van der Waals surface area contributed by atoms with Gasteiger partial charge in [0.2, 0.25) is 0 Å². The van der Waals surface area contributed by atoms with Crippen molar-refractivity contribution in [1.82, 2.24) is 0 Å². The summed E-state index contributed by atoms with van der Waals surface area (Å²) in [7, 11) is -2.60. The maximum atomic E-state index is 13.8. The summed E-state index contributed by atoms with van der Waals surface area (Å²) in [5.41, 5.74) is 2.41. The highest BCUT2D eigenvalue weighted by atomic mass is 32.2. The van der Waals surface area contributed by atoms with Gasteiger partial charge < -0.3 is 18.9 Å². The molecule has 0 heterocycles. The van der Waals surface area contributed by atoms with Crippen molar-refractivity contribution in [2.45, 2.75) is 43.9 Å². The second-order valence-electron chi connectivity index (χ2n) is 8.98. The first-order valence-corrected chi connectivity index (χ1v) is 13.1. The van der Waals surface area contributed by atoms with Gasteiger partial charge in [0.25, 0.3) is 0 Å². The van der Waals surface area contributed by atoms with Crippen molar-refractivity contribution < 1.29 is 35.9 Å². The molecular formula is C26H37FO7S. The Morgan fingerprint density at radius 3 is 2.09 bits per heavy atom. The average molecular weight is 513 g/mol. The zero-order valence-corrected chi connectivity index (χ0v) is 21.9. The van der Waals surface area contributed by atoms with Gasteiger partial charge in [-0.2, -0.15) is 8.42 Å². The first-order chi connectivity index (χ1) is 16.6. The second kappa shape index (κ2) is 14.5. The van der Waals surface area contributed by atoms with Crippen LogP contribution < -0.4 is 4.74 Å². The number of rotatable bonds is 16. The monoisotopic (exact) mass is 512 g/mol. The van der Waals surface area contributed by atoms with E-state index in [1.165, 1.54) is 11.6 Å². The maximum absolute atomic E-state index is 13.8. The lowest BCUT2D eigenvalue weighted by Gasteiger charge is -2.19. The first-order valence-electron chi connectivity index (χ1n) is 11.7. The molecule has 2 aromatic rings. The number of benzene rings is 2. The molecule has 0 aliphatic rings. The molecule has 0 unspecified atom stereocenters. The number of hydrogen-bond acceptors (Lipinski definition) is 7. The topological polar surface area (TPSA) is 80.3 Å².